The number of nitrogens with zero attached hydrogens (tertiary/aromatic N) is 4. The van der Waals surface area contributed by atoms with Crippen molar-refractivity contribution >= 4 is 27.7 Å². The van der Waals surface area contributed by atoms with Crippen LogP contribution in [0.15, 0.2) is 41.0 Å². The SMILES string of the molecule is N#Cc1ccnc(N2CCN(C(=O)COc3ccc(Br)cc3F)CC2)c1. The van der Waals surface area contributed by atoms with Gasteiger partial charge in [0.2, 0.25) is 0 Å². The molecule has 8 heteroatoms. The zero-order valence-electron chi connectivity index (χ0n) is 13.9. The van der Waals surface area contributed by atoms with E-state index in [1.54, 1.807) is 29.3 Å². The molecule has 134 valence electrons. The van der Waals surface area contributed by atoms with Crippen LogP contribution in [0.25, 0.3) is 0 Å². The number of carbonyl (C=O) groups is 1. The van der Waals surface area contributed by atoms with Gasteiger partial charge >= 0.3 is 0 Å². The molecule has 6 nitrogen and oxygen atoms in total. The number of pyridine rings is 1. The van der Waals surface area contributed by atoms with Gasteiger partial charge in [0.15, 0.2) is 18.2 Å². The third kappa shape index (κ3) is 4.29. The van der Waals surface area contributed by atoms with Crippen LogP contribution in [-0.4, -0.2) is 48.6 Å². The number of piperazine rings is 1. The number of ether oxygens (including phenoxy) is 1. The predicted octanol–water partition coefficient (Wildman–Crippen LogP) is 2.58. The highest BCUT2D eigenvalue weighted by Crippen LogP contribution is 2.21. The van der Waals surface area contributed by atoms with Crippen molar-refractivity contribution in [3.8, 4) is 11.8 Å². The molecule has 1 saturated heterocycles. The number of rotatable bonds is 4. The Labute approximate surface area is 158 Å². The molecule has 0 spiro atoms. The third-order valence-corrected chi connectivity index (χ3v) is 4.57. The molecule has 0 radical (unpaired) electrons. The summed E-state index contributed by atoms with van der Waals surface area (Å²) in [5.74, 6) is 0.0770. The molecule has 1 fully saturated rings. The number of aromatic nitrogens is 1. The molecule has 0 atom stereocenters. The van der Waals surface area contributed by atoms with Crippen molar-refractivity contribution in [2.24, 2.45) is 0 Å². The van der Waals surface area contributed by atoms with Gasteiger partial charge in [-0.25, -0.2) is 9.37 Å². The largest absolute Gasteiger partial charge is 0.481 e. The molecule has 1 aromatic carbocycles. The average molecular weight is 419 g/mol. The monoisotopic (exact) mass is 418 g/mol. The van der Waals surface area contributed by atoms with Gasteiger partial charge in [-0.05, 0) is 30.3 Å². The maximum atomic E-state index is 13.7. The Morgan fingerprint density at radius 2 is 2.04 bits per heavy atom. The molecule has 1 aromatic heterocycles. The Morgan fingerprint density at radius 1 is 1.27 bits per heavy atom. The molecule has 0 aliphatic carbocycles. The van der Waals surface area contributed by atoms with E-state index >= 15 is 0 Å². The number of halogens is 2. The second-order valence-electron chi connectivity index (χ2n) is 5.75. The molecule has 1 aliphatic rings. The van der Waals surface area contributed by atoms with Gasteiger partial charge in [-0.1, -0.05) is 15.9 Å². The molecule has 3 rings (SSSR count). The molecule has 0 bridgehead atoms. The minimum absolute atomic E-state index is 0.0534. The van der Waals surface area contributed by atoms with E-state index in [-0.39, 0.29) is 18.3 Å². The normalized spacial score (nSPS) is 14.0. The van der Waals surface area contributed by atoms with Crippen LogP contribution in [-0.2, 0) is 4.79 Å². The number of carbonyl (C=O) groups excluding carboxylic acids is 1. The maximum Gasteiger partial charge on any atom is 0.260 e. The van der Waals surface area contributed by atoms with E-state index < -0.39 is 5.82 Å². The summed E-state index contributed by atoms with van der Waals surface area (Å²) in [5.41, 5.74) is 0.554. The summed E-state index contributed by atoms with van der Waals surface area (Å²) in [6.07, 6.45) is 1.60. The lowest BCUT2D eigenvalue weighted by Crippen LogP contribution is -2.50. The van der Waals surface area contributed by atoms with E-state index in [2.05, 4.69) is 27.0 Å². The van der Waals surface area contributed by atoms with Crippen molar-refractivity contribution in [1.82, 2.24) is 9.88 Å². The Bertz CT molecular complexity index is 847. The minimum atomic E-state index is -0.513. The summed E-state index contributed by atoms with van der Waals surface area (Å²) in [7, 11) is 0. The van der Waals surface area contributed by atoms with Gasteiger partial charge in [-0.15, -0.1) is 0 Å². The lowest BCUT2D eigenvalue weighted by atomic mass is 10.2. The lowest BCUT2D eigenvalue weighted by molar-refractivity contribution is -0.133. The Hall–Kier alpha value is -2.66. The van der Waals surface area contributed by atoms with Crippen LogP contribution >= 0.6 is 15.9 Å². The molecule has 0 unspecified atom stereocenters. The predicted molar refractivity (Wildman–Crippen MR) is 97.3 cm³/mol. The van der Waals surface area contributed by atoms with Crippen LogP contribution in [0.4, 0.5) is 10.2 Å². The number of hydrogen-bond acceptors (Lipinski definition) is 5. The van der Waals surface area contributed by atoms with Crippen molar-refractivity contribution < 1.29 is 13.9 Å². The van der Waals surface area contributed by atoms with Crippen molar-refractivity contribution in [2.75, 3.05) is 37.7 Å². The molecule has 2 aromatic rings. The molecule has 1 aliphatic heterocycles. The first-order valence-corrected chi connectivity index (χ1v) is 8.83. The van der Waals surface area contributed by atoms with Crippen molar-refractivity contribution in [3.63, 3.8) is 0 Å². The van der Waals surface area contributed by atoms with Crippen LogP contribution in [0.2, 0.25) is 0 Å². The average Bonchev–Trinajstić information content (AvgIpc) is 2.67. The van der Waals surface area contributed by atoms with E-state index in [0.717, 1.165) is 5.82 Å². The van der Waals surface area contributed by atoms with E-state index in [0.29, 0.717) is 36.2 Å². The van der Waals surface area contributed by atoms with Gasteiger partial charge in [0, 0.05) is 36.8 Å². The summed E-state index contributed by atoms with van der Waals surface area (Å²) in [6.45, 7) is 2.05. The molecule has 26 heavy (non-hydrogen) atoms. The van der Waals surface area contributed by atoms with Crippen molar-refractivity contribution in [1.29, 1.82) is 5.26 Å². The maximum absolute atomic E-state index is 13.7. The van der Waals surface area contributed by atoms with Gasteiger partial charge in [0.1, 0.15) is 5.82 Å². The number of anilines is 1. The second kappa shape index (κ2) is 8.15. The minimum Gasteiger partial charge on any atom is -0.481 e. The fourth-order valence-electron chi connectivity index (χ4n) is 2.67. The highest BCUT2D eigenvalue weighted by molar-refractivity contribution is 9.10. The topological polar surface area (TPSA) is 69.5 Å². The van der Waals surface area contributed by atoms with Crippen LogP contribution in [0.1, 0.15) is 5.56 Å². The quantitative estimate of drug-likeness (QED) is 0.762. The van der Waals surface area contributed by atoms with E-state index in [1.165, 1.54) is 12.1 Å². The number of benzene rings is 1. The summed E-state index contributed by atoms with van der Waals surface area (Å²) >= 11 is 3.17. The third-order valence-electron chi connectivity index (χ3n) is 4.08. The summed E-state index contributed by atoms with van der Waals surface area (Å²) in [5, 5.41) is 8.97. The lowest BCUT2D eigenvalue weighted by Gasteiger charge is -2.35. The van der Waals surface area contributed by atoms with E-state index in [4.69, 9.17) is 10.00 Å². The Morgan fingerprint density at radius 3 is 2.73 bits per heavy atom. The zero-order valence-corrected chi connectivity index (χ0v) is 15.4. The van der Waals surface area contributed by atoms with Crippen LogP contribution < -0.4 is 9.64 Å². The highest BCUT2D eigenvalue weighted by atomic mass is 79.9. The van der Waals surface area contributed by atoms with Crippen LogP contribution in [0.5, 0.6) is 5.75 Å². The standard InChI is InChI=1S/C18H16BrFN4O2/c19-14-1-2-16(15(20)10-14)26-12-18(25)24-7-5-23(6-8-24)17-9-13(11-21)3-4-22-17/h1-4,9-10H,5-8,12H2. The first-order valence-electron chi connectivity index (χ1n) is 8.03. The zero-order chi connectivity index (χ0) is 18.5. The molecule has 2 heterocycles. The van der Waals surface area contributed by atoms with Crippen LogP contribution in [0.3, 0.4) is 0 Å². The Kier molecular flexibility index (Phi) is 5.68. The van der Waals surface area contributed by atoms with Gasteiger partial charge in [-0.2, -0.15) is 5.26 Å². The Balaban J connectivity index is 1.52. The van der Waals surface area contributed by atoms with E-state index in [9.17, 15) is 9.18 Å². The number of amides is 1. The first-order chi connectivity index (χ1) is 12.6. The molecule has 0 N–H and O–H groups in total. The smallest absolute Gasteiger partial charge is 0.260 e. The van der Waals surface area contributed by atoms with Crippen molar-refractivity contribution in [3.05, 3.63) is 52.4 Å². The molecule has 1 amide bonds. The molecular formula is C18H16BrFN4O2. The van der Waals surface area contributed by atoms with Crippen LogP contribution in [0, 0.1) is 17.1 Å². The number of nitriles is 1. The van der Waals surface area contributed by atoms with Gasteiger partial charge in [0.05, 0.1) is 11.6 Å². The highest BCUT2D eigenvalue weighted by Gasteiger charge is 2.22. The first kappa shape index (κ1) is 18.1. The van der Waals surface area contributed by atoms with Gasteiger partial charge in [0.25, 0.3) is 5.91 Å². The summed E-state index contributed by atoms with van der Waals surface area (Å²) in [4.78, 5) is 20.3. The van der Waals surface area contributed by atoms with E-state index in [1.807, 2.05) is 4.90 Å². The summed E-state index contributed by atoms with van der Waals surface area (Å²) in [6, 6.07) is 9.91. The second-order valence-corrected chi connectivity index (χ2v) is 6.66. The summed E-state index contributed by atoms with van der Waals surface area (Å²) < 4.78 is 19.6. The number of hydrogen-bond donors (Lipinski definition) is 0. The molecular weight excluding hydrogens is 403 g/mol. The fraction of sp³-hybridized carbons (Fsp3) is 0.278. The fourth-order valence-corrected chi connectivity index (χ4v) is 3.00. The van der Waals surface area contributed by atoms with Gasteiger partial charge in [-0.3, -0.25) is 4.79 Å². The van der Waals surface area contributed by atoms with Gasteiger partial charge < -0.3 is 14.5 Å². The van der Waals surface area contributed by atoms with Crippen molar-refractivity contribution in [2.45, 2.75) is 0 Å². The molecule has 0 saturated carbocycles.